The fourth-order valence-electron chi connectivity index (χ4n) is 2.71. The summed E-state index contributed by atoms with van der Waals surface area (Å²) in [6.07, 6.45) is 2.54. The molecule has 1 aromatic carbocycles. The topological polar surface area (TPSA) is 39.7 Å². The Kier molecular flexibility index (Phi) is 3.37. The first-order valence-electron chi connectivity index (χ1n) is 6.89. The van der Waals surface area contributed by atoms with Gasteiger partial charge >= 0.3 is 0 Å². The predicted octanol–water partition coefficient (Wildman–Crippen LogP) is 2.07. The van der Waals surface area contributed by atoms with Crippen LogP contribution in [0.15, 0.2) is 18.2 Å². The number of nitrogens with one attached hydrogen (secondary N) is 1. The van der Waals surface area contributed by atoms with Gasteiger partial charge in [-0.25, -0.2) is 0 Å². The summed E-state index contributed by atoms with van der Waals surface area (Å²) < 4.78 is 16.5. The molecule has 1 atom stereocenters. The average molecular weight is 263 g/mol. The van der Waals surface area contributed by atoms with Crippen LogP contribution in [0.4, 0.5) is 0 Å². The number of hydrogen-bond donors (Lipinski definition) is 1. The molecule has 0 amide bonds. The Morgan fingerprint density at radius 3 is 2.74 bits per heavy atom. The second kappa shape index (κ2) is 5.02. The molecule has 2 heterocycles. The minimum atomic E-state index is 0.0560. The Balaban J connectivity index is 1.87. The molecular formula is C15H21NO3. The van der Waals surface area contributed by atoms with Crippen LogP contribution in [0.3, 0.4) is 0 Å². The van der Waals surface area contributed by atoms with Crippen molar-refractivity contribution in [2.75, 3.05) is 26.9 Å². The zero-order chi connectivity index (χ0) is 13.3. The number of rotatable bonds is 4. The number of methoxy groups -OCH3 is 1. The smallest absolute Gasteiger partial charge is 0.162 e. The van der Waals surface area contributed by atoms with Gasteiger partial charge in [0.1, 0.15) is 6.10 Å². The van der Waals surface area contributed by atoms with Crippen molar-refractivity contribution < 1.29 is 14.2 Å². The van der Waals surface area contributed by atoms with E-state index >= 15 is 0 Å². The molecule has 2 aliphatic heterocycles. The largest absolute Gasteiger partial charge is 0.493 e. The van der Waals surface area contributed by atoms with Crippen molar-refractivity contribution in [3.05, 3.63) is 23.8 Å². The summed E-state index contributed by atoms with van der Waals surface area (Å²) in [4.78, 5) is 0. The first-order valence-corrected chi connectivity index (χ1v) is 6.89. The van der Waals surface area contributed by atoms with Gasteiger partial charge in [-0.1, -0.05) is 6.07 Å². The van der Waals surface area contributed by atoms with Crippen LogP contribution in [0.25, 0.3) is 0 Å². The summed E-state index contributed by atoms with van der Waals surface area (Å²) in [6.45, 7) is 4.67. The van der Waals surface area contributed by atoms with E-state index in [9.17, 15) is 0 Å². The molecule has 4 heteroatoms. The Labute approximate surface area is 114 Å². The molecule has 0 bridgehead atoms. The highest BCUT2D eigenvalue weighted by Crippen LogP contribution is 2.37. The van der Waals surface area contributed by atoms with Gasteiger partial charge in [-0.2, -0.15) is 0 Å². The van der Waals surface area contributed by atoms with Crippen LogP contribution in [0.2, 0.25) is 0 Å². The van der Waals surface area contributed by atoms with Crippen LogP contribution < -0.4 is 14.8 Å². The summed E-state index contributed by atoms with van der Waals surface area (Å²) in [5.41, 5.74) is 1.32. The fourth-order valence-corrected chi connectivity index (χ4v) is 2.71. The summed E-state index contributed by atoms with van der Waals surface area (Å²) in [5, 5.41) is 3.57. The van der Waals surface area contributed by atoms with Crippen LogP contribution in [-0.2, 0) is 10.3 Å². The van der Waals surface area contributed by atoms with Gasteiger partial charge in [-0.3, -0.25) is 0 Å². The van der Waals surface area contributed by atoms with E-state index in [4.69, 9.17) is 14.2 Å². The second-order valence-electron chi connectivity index (χ2n) is 5.51. The molecule has 4 nitrogen and oxygen atoms in total. The molecular weight excluding hydrogens is 242 g/mol. The molecule has 2 saturated heterocycles. The maximum Gasteiger partial charge on any atom is 0.162 e. The van der Waals surface area contributed by atoms with Crippen LogP contribution in [-0.4, -0.2) is 33.0 Å². The first-order chi connectivity index (χ1) is 9.21. The van der Waals surface area contributed by atoms with Gasteiger partial charge in [-0.05, 0) is 44.0 Å². The van der Waals surface area contributed by atoms with E-state index in [1.54, 1.807) is 7.11 Å². The Bertz CT molecular complexity index is 451. The van der Waals surface area contributed by atoms with Crippen LogP contribution in [0.1, 0.15) is 25.3 Å². The third-order valence-electron chi connectivity index (χ3n) is 4.07. The van der Waals surface area contributed by atoms with Crippen molar-refractivity contribution in [1.29, 1.82) is 0 Å². The minimum absolute atomic E-state index is 0.0560. The molecule has 0 spiro atoms. The van der Waals surface area contributed by atoms with E-state index in [0.29, 0.717) is 13.2 Å². The van der Waals surface area contributed by atoms with Crippen molar-refractivity contribution in [2.45, 2.75) is 31.4 Å². The monoisotopic (exact) mass is 263 g/mol. The van der Waals surface area contributed by atoms with E-state index in [0.717, 1.165) is 24.5 Å². The standard InChI is InChI=1S/C15H21NO3/c1-15(6-3-7-16-15)11-4-5-13(17-2)14(8-11)19-12-9-18-10-12/h4-5,8,12,16H,3,6-7,9-10H2,1-2H3. The van der Waals surface area contributed by atoms with Crippen molar-refractivity contribution in [1.82, 2.24) is 5.32 Å². The lowest BCUT2D eigenvalue weighted by Crippen LogP contribution is -2.39. The molecule has 19 heavy (non-hydrogen) atoms. The van der Waals surface area contributed by atoms with E-state index in [1.165, 1.54) is 12.0 Å². The highest BCUT2D eigenvalue weighted by molar-refractivity contribution is 5.45. The van der Waals surface area contributed by atoms with Gasteiger partial charge in [0.15, 0.2) is 11.5 Å². The molecule has 2 aliphatic rings. The van der Waals surface area contributed by atoms with Gasteiger partial charge in [0.05, 0.1) is 20.3 Å². The highest BCUT2D eigenvalue weighted by Gasteiger charge is 2.31. The molecule has 0 aromatic heterocycles. The SMILES string of the molecule is COc1ccc(C2(C)CCCN2)cc1OC1COC1. The third kappa shape index (κ3) is 2.42. The number of hydrogen-bond acceptors (Lipinski definition) is 4. The average Bonchev–Trinajstić information content (AvgIpc) is 2.82. The maximum atomic E-state index is 5.94. The molecule has 1 N–H and O–H groups in total. The summed E-state index contributed by atoms with van der Waals surface area (Å²) in [5.74, 6) is 1.61. The maximum absolute atomic E-state index is 5.94. The Morgan fingerprint density at radius 2 is 2.16 bits per heavy atom. The molecule has 2 fully saturated rings. The zero-order valence-corrected chi connectivity index (χ0v) is 11.6. The van der Waals surface area contributed by atoms with Crippen molar-refractivity contribution in [2.24, 2.45) is 0 Å². The van der Waals surface area contributed by atoms with E-state index in [1.807, 2.05) is 6.07 Å². The van der Waals surface area contributed by atoms with Crippen molar-refractivity contribution in [3.8, 4) is 11.5 Å². The summed E-state index contributed by atoms with van der Waals surface area (Å²) in [6, 6.07) is 6.23. The van der Waals surface area contributed by atoms with E-state index in [2.05, 4.69) is 24.4 Å². The number of ether oxygens (including phenoxy) is 3. The normalized spacial score (nSPS) is 27.1. The van der Waals surface area contributed by atoms with Crippen LogP contribution >= 0.6 is 0 Å². The van der Waals surface area contributed by atoms with Crippen molar-refractivity contribution in [3.63, 3.8) is 0 Å². The lowest BCUT2D eigenvalue weighted by atomic mass is 9.90. The molecule has 0 aliphatic carbocycles. The lowest BCUT2D eigenvalue weighted by molar-refractivity contribution is -0.0803. The van der Waals surface area contributed by atoms with Crippen LogP contribution in [0.5, 0.6) is 11.5 Å². The van der Waals surface area contributed by atoms with Gasteiger partial charge in [-0.15, -0.1) is 0 Å². The third-order valence-corrected chi connectivity index (χ3v) is 4.07. The van der Waals surface area contributed by atoms with E-state index < -0.39 is 0 Å². The molecule has 1 unspecified atom stereocenters. The molecule has 1 aromatic rings. The van der Waals surface area contributed by atoms with Gasteiger partial charge < -0.3 is 19.5 Å². The van der Waals surface area contributed by atoms with Crippen LogP contribution in [0, 0.1) is 0 Å². The predicted molar refractivity (Wildman–Crippen MR) is 72.8 cm³/mol. The van der Waals surface area contributed by atoms with Gasteiger partial charge in [0, 0.05) is 5.54 Å². The fraction of sp³-hybridized carbons (Fsp3) is 0.600. The molecule has 0 radical (unpaired) electrons. The highest BCUT2D eigenvalue weighted by atomic mass is 16.6. The molecule has 3 rings (SSSR count). The summed E-state index contributed by atoms with van der Waals surface area (Å²) in [7, 11) is 1.68. The molecule has 0 saturated carbocycles. The molecule has 104 valence electrons. The lowest BCUT2D eigenvalue weighted by Gasteiger charge is -2.29. The zero-order valence-electron chi connectivity index (χ0n) is 11.6. The summed E-state index contributed by atoms with van der Waals surface area (Å²) >= 11 is 0. The van der Waals surface area contributed by atoms with E-state index in [-0.39, 0.29) is 11.6 Å². The van der Waals surface area contributed by atoms with Gasteiger partial charge in [0.2, 0.25) is 0 Å². The minimum Gasteiger partial charge on any atom is -0.493 e. The Morgan fingerprint density at radius 1 is 1.32 bits per heavy atom. The number of benzene rings is 1. The second-order valence-corrected chi connectivity index (χ2v) is 5.51. The Hall–Kier alpha value is -1.26. The van der Waals surface area contributed by atoms with Crippen molar-refractivity contribution >= 4 is 0 Å². The quantitative estimate of drug-likeness (QED) is 0.902. The van der Waals surface area contributed by atoms with Gasteiger partial charge in [0.25, 0.3) is 0 Å². The first kappa shape index (κ1) is 12.8.